The van der Waals surface area contributed by atoms with E-state index in [1.165, 1.54) is 5.56 Å². The maximum Gasteiger partial charge on any atom is 0.236 e. The maximum atomic E-state index is 12.2. The predicted octanol–water partition coefficient (Wildman–Crippen LogP) is 2.99. The van der Waals surface area contributed by atoms with Gasteiger partial charge in [0.15, 0.2) is 0 Å². The minimum absolute atomic E-state index is 0.242. The van der Waals surface area contributed by atoms with E-state index < -0.39 is 0 Å². The molecule has 1 unspecified atom stereocenters. The molecule has 1 heterocycles. The van der Waals surface area contributed by atoms with Gasteiger partial charge in [-0.1, -0.05) is 44.2 Å². The molecule has 1 aliphatic heterocycles. The molecule has 1 aromatic rings. The molecule has 110 valence electrons. The van der Waals surface area contributed by atoms with Gasteiger partial charge in [-0.2, -0.15) is 0 Å². The number of hydrogen-bond acceptors (Lipinski definition) is 2. The molecule has 1 amide bonds. The van der Waals surface area contributed by atoms with Gasteiger partial charge in [-0.25, -0.2) is 0 Å². The van der Waals surface area contributed by atoms with Gasteiger partial charge in [0.25, 0.3) is 0 Å². The molecule has 1 atom stereocenters. The third-order valence-electron chi connectivity index (χ3n) is 4.25. The number of hydrogen-bond donors (Lipinski definition) is 1. The second-order valence-electron chi connectivity index (χ2n) is 5.82. The summed E-state index contributed by atoms with van der Waals surface area (Å²) < 4.78 is 0. The summed E-state index contributed by atoms with van der Waals surface area (Å²) in [5.41, 5.74) is 1.26. The summed E-state index contributed by atoms with van der Waals surface area (Å²) in [5.74, 6) is 1.01. The van der Waals surface area contributed by atoms with Crippen LogP contribution in [0.25, 0.3) is 0 Å². The first-order valence-corrected chi connectivity index (χ1v) is 7.76. The van der Waals surface area contributed by atoms with Crippen LogP contribution in [0.4, 0.5) is 0 Å². The molecule has 3 heteroatoms. The number of carbonyl (C=O) groups excluding carboxylic acids is 1. The van der Waals surface area contributed by atoms with E-state index in [0.717, 1.165) is 38.3 Å². The molecule has 0 aliphatic carbocycles. The van der Waals surface area contributed by atoms with Crippen LogP contribution < -0.4 is 5.32 Å². The fourth-order valence-electron chi connectivity index (χ4n) is 2.76. The van der Waals surface area contributed by atoms with Crippen LogP contribution in [-0.2, 0) is 4.79 Å². The van der Waals surface area contributed by atoms with Gasteiger partial charge >= 0.3 is 0 Å². The summed E-state index contributed by atoms with van der Waals surface area (Å²) in [4.78, 5) is 14.2. The molecule has 0 spiro atoms. The van der Waals surface area contributed by atoms with Crippen molar-refractivity contribution in [2.75, 3.05) is 19.6 Å². The van der Waals surface area contributed by atoms with Gasteiger partial charge < -0.3 is 10.2 Å². The summed E-state index contributed by atoms with van der Waals surface area (Å²) in [6.45, 7) is 6.70. The Hall–Kier alpha value is -1.35. The van der Waals surface area contributed by atoms with Crippen LogP contribution in [-0.4, -0.2) is 30.4 Å². The van der Waals surface area contributed by atoms with Gasteiger partial charge in [-0.3, -0.25) is 4.79 Å². The summed E-state index contributed by atoms with van der Waals surface area (Å²) >= 11 is 0. The van der Waals surface area contributed by atoms with E-state index in [1.807, 2.05) is 23.1 Å². The van der Waals surface area contributed by atoms with E-state index in [9.17, 15) is 4.79 Å². The average Bonchev–Trinajstić information content (AvgIpc) is 2.49. The molecule has 3 nitrogen and oxygen atoms in total. The molecule has 20 heavy (non-hydrogen) atoms. The van der Waals surface area contributed by atoms with Crippen molar-refractivity contribution in [1.29, 1.82) is 0 Å². The fourth-order valence-corrected chi connectivity index (χ4v) is 2.76. The lowest BCUT2D eigenvalue weighted by atomic mass is 9.99. The normalized spacial score (nSPS) is 18.0. The van der Waals surface area contributed by atoms with Crippen LogP contribution >= 0.6 is 0 Å². The van der Waals surface area contributed by atoms with E-state index in [0.29, 0.717) is 6.54 Å². The molecule has 0 bridgehead atoms. The fraction of sp³-hybridized carbons (Fsp3) is 0.588. The van der Waals surface area contributed by atoms with Crippen molar-refractivity contribution in [3.05, 3.63) is 35.9 Å². The number of piperidine rings is 1. The molecule has 0 saturated carbocycles. The summed E-state index contributed by atoms with van der Waals surface area (Å²) in [7, 11) is 0. The highest BCUT2D eigenvalue weighted by atomic mass is 16.2. The Labute approximate surface area is 122 Å². The van der Waals surface area contributed by atoms with Crippen LogP contribution in [0.15, 0.2) is 30.3 Å². The number of likely N-dealkylation sites (tertiary alicyclic amines) is 1. The van der Waals surface area contributed by atoms with Gasteiger partial charge in [-0.15, -0.1) is 0 Å². The standard InChI is InChI=1S/C17H26N2O/c1-3-16(15-7-5-4-6-8-15)18-13-17(20)19-11-9-14(2)10-12-19/h4-8,14,16,18H,3,9-13H2,1-2H3. The first-order valence-electron chi connectivity index (χ1n) is 7.76. The van der Waals surface area contributed by atoms with Crippen LogP contribution in [0.3, 0.4) is 0 Å². The quantitative estimate of drug-likeness (QED) is 0.895. The van der Waals surface area contributed by atoms with E-state index >= 15 is 0 Å². The van der Waals surface area contributed by atoms with Crippen molar-refractivity contribution >= 4 is 5.91 Å². The molecular weight excluding hydrogens is 248 g/mol. The molecule has 1 N–H and O–H groups in total. The van der Waals surface area contributed by atoms with Crippen molar-refractivity contribution in [3.8, 4) is 0 Å². The summed E-state index contributed by atoms with van der Waals surface area (Å²) in [6, 6.07) is 10.6. The van der Waals surface area contributed by atoms with Crippen molar-refractivity contribution in [2.24, 2.45) is 5.92 Å². The minimum Gasteiger partial charge on any atom is -0.342 e. The zero-order valence-corrected chi connectivity index (χ0v) is 12.6. The van der Waals surface area contributed by atoms with Crippen LogP contribution in [0, 0.1) is 5.92 Å². The van der Waals surface area contributed by atoms with Gasteiger partial charge in [0.05, 0.1) is 6.54 Å². The molecule has 1 aromatic carbocycles. The van der Waals surface area contributed by atoms with E-state index in [-0.39, 0.29) is 11.9 Å². The first kappa shape index (κ1) is 15.0. The Bertz CT molecular complexity index is 410. The van der Waals surface area contributed by atoms with Crippen molar-refractivity contribution < 1.29 is 4.79 Å². The van der Waals surface area contributed by atoms with E-state index in [4.69, 9.17) is 0 Å². The Kier molecular flexibility index (Phi) is 5.60. The van der Waals surface area contributed by atoms with E-state index in [1.54, 1.807) is 0 Å². The SMILES string of the molecule is CCC(NCC(=O)N1CCC(C)CC1)c1ccccc1. The second kappa shape index (κ2) is 7.44. The second-order valence-corrected chi connectivity index (χ2v) is 5.82. The molecule has 0 radical (unpaired) electrons. The number of rotatable bonds is 5. The Balaban J connectivity index is 1.83. The largest absolute Gasteiger partial charge is 0.342 e. The minimum atomic E-state index is 0.242. The van der Waals surface area contributed by atoms with Gasteiger partial charge in [0.2, 0.25) is 5.91 Å². The third kappa shape index (κ3) is 4.07. The van der Waals surface area contributed by atoms with Gasteiger partial charge in [0, 0.05) is 19.1 Å². The molecule has 1 saturated heterocycles. The molecule has 1 fully saturated rings. The monoisotopic (exact) mass is 274 g/mol. The molecular formula is C17H26N2O. The van der Waals surface area contributed by atoms with Crippen LogP contribution in [0.1, 0.15) is 44.7 Å². The Morgan fingerprint density at radius 2 is 1.95 bits per heavy atom. The lowest BCUT2D eigenvalue weighted by Gasteiger charge is -2.31. The number of amides is 1. The summed E-state index contributed by atoms with van der Waals surface area (Å²) in [6.07, 6.45) is 3.28. The zero-order valence-electron chi connectivity index (χ0n) is 12.6. The predicted molar refractivity (Wildman–Crippen MR) is 82.5 cm³/mol. The Morgan fingerprint density at radius 3 is 2.55 bits per heavy atom. The first-order chi connectivity index (χ1) is 9.70. The van der Waals surface area contributed by atoms with Crippen molar-refractivity contribution in [1.82, 2.24) is 10.2 Å². The van der Waals surface area contributed by atoms with Crippen LogP contribution in [0.5, 0.6) is 0 Å². The number of nitrogens with one attached hydrogen (secondary N) is 1. The highest BCUT2D eigenvalue weighted by Crippen LogP contribution is 2.17. The number of nitrogens with zero attached hydrogens (tertiary/aromatic N) is 1. The third-order valence-corrected chi connectivity index (χ3v) is 4.25. The lowest BCUT2D eigenvalue weighted by molar-refractivity contribution is -0.131. The topological polar surface area (TPSA) is 32.3 Å². The summed E-state index contributed by atoms with van der Waals surface area (Å²) in [5, 5.41) is 3.40. The highest BCUT2D eigenvalue weighted by molar-refractivity contribution is 5.78. The van der Waals surface area contributed by atoms with Gasteiger partial charge in [-0.05, 0) is 30.7 Å². The molecule has 1 aliphatic rings. The number of carbonyl (C=O) groups is 1. The average molecular weight is 274 g/mol. The van der Waals surface area contributed by atoms with Crippen molar-refractivity contribution in [3.63, 3.8) is 0 Å². The zero-order chi connectivity index (χ0) is 14.4. The highest BCUT2D eigenvalue weighted by Gasteiger charge is 2.20. The lowest BCUT2D eigenvalue weighted by Crippen LogP contribution is -2.43. The Morgan fingerprint density at radius 1 is 1.30 bits per heavy atom. The van der Waals surface area contributed by atoms with Crippen LogP contribution in [0.2, 0.25) is 0 Å². The van der Waals surface area contributed by atoms with E-state index in [2.05, 4.69) is 31.3 Å². The van der Waals surface area contributed by atoms with Gasteiger partial charge in [0.1, 0.15) is 0 Å². The molecule has 0 aromatic heterocycles. The van der Waals surface area contributed by atoms with Crippen molar-refractivity contribution in [2.45, 2.75) is 39.2 Å². The number of benzene rings is 1. The maximum absolute atomic E-state index is 12.2. The smallest absolute Gasteiger partial charge is 0.236 e. The molecule has 2 rings (SSSR count).